The molecule has 3 aromatic rings. The van der Waals surface area contributed by atoms with Crippen LogP contribution in [-0.2, 0) is 14.4 Å². The Morgan fingerprint density at radius 2 is 1.52 bits per heavy atom. The quantitative estimate of drug-likeness (QED) is 0.570. The van der Waals surface area contributed by atoms with Gasteiger partial charge in [0.25, 0.3) is 5.91 Å². The molecular formula is C24H19ClN2O4. The molecule has 7 heteroatoms. The Bertz CT molecular complexity index is 1120. The van der Waals surface area contributed by atoms with E-state index in [1.165, 1.54) is 4.90 Å². The van der Waals surface area contributed by atoms with Crippen LogP contribution in [0.5, 0.6) is 5.75 Å². The smallest absolute Gasteiger partial charge is 0.266 e. The Morgan fingerprint density at radius 1 is 0.839 bits per heavy atom. The van der Waals surface area contributed by atoms with Crippen LogP contribution in [0.1, 0.15) is 11.6 Å². The standard InChI is InChI=1S/C24H19ClN2O4/c1-30-19-13-7-15(8-14-19)21-20-22(31-27(21)18-5-3-2-4-6-18)24(29)26(23(20)28)17-11-9-16(25)10-12-17/h2-14,20-22H,1H3/t20-,21+,22+/m0/s1. The van der Waals surface area contributed by atoms with Crippen molar-refractivity contribution in [1.29, 1.82) is 0 Å². The molecule has 2 heterocycles. The number of fused-ring (bicyclic) bond motifs is 1. The first-order valence-electron chi connectivity index (χ1n) is 9.87. The third-order valence-corrected chi connectivity index (χ3v) is 5.92. The van der Waals surface area contributed by atoms with Gasteiger partial charge in [-0.25, -0.2) is 9.96 Å². The summed E-state index contributed by atoms with van der Waals surface area (Å²) in [6, 6.07) is 23.1. The van der Waals surface area contributed by atoms with Crippen molar-refractivity contribution in [2.75, 3.05) is 17.1 Å². The zero-order valence-corrected chi connectivity index (χ0v) is 17.4. The van der Waals surface area contributed by atoms with Crippen LogP contribution in [0.3, 0.4) is 0 Å². The number of hydroxylamine groups is 1. The molecule has 2 aliphatic heterocycles. The minimum atomic E-state index is -0.907. The number of amides is 2. The van der Waals surface area contributed by atoms with Gasteiger partial charge in [-0.1, -0.05) is 41.9 Å². The number of ether oxygens (including phenoxy) is 1. The van der Waals surface area contributed by atoms with Crippen molar-refractivity contribution >= 4 is 34.8 Å². The maximum absolute atomic E-state index is 13.5. The van der Waals surface area contributed by atoms with Crippen LogP contribution in [0.2, 0.25) is 5.02 Å². The molecule has 2 aliphatic rings. The molecular weight excluding hydrogens is 416 g/mol. The monoisotopic (exact) mass is 434 g/mol. The van der Waals surface area contributed by atoms with Crippen LogP contribution in [-0.4, -0.2) is 25.0 Å². The molecule has 6 nitrogen and oxygen atoms in total. The van der Waals surface area contributed by atoms with E-state index in [4.69, 9.17) is 21.2 Å². The molecule has 3 aromatic carbocycles. The molecule has 156 valence electrons. The second-order valence-corrected chi connectivity index (χ2v) is 7.86. The maximum Gasteiger partial charge on any atom is 0.266 e. The van der Waals surface area contributed by atoms with Gasteiger partial charge in [-0.3, -0.25) is 14.4 Å². The third kappa shape index (κ3) is 3.24. The van der Waals surface area contributed by atoms with Gasteiger partial charge in [0.05, 0.1) is 24.5 Å². The number of anilines is 2. The van der Waals surface area contributed by atoms with Crippen molar-refractivity contribution in [2.24, 2.45) is 5.92 Å². The number of benzene rings is 3. The summed E-state index contributed by atoms with van der Waals surface area (Å²) in [6.07, 6.45) is -0.907. The number of imide groups is 1. The number of carbonyl (C=O) groups is 2. The van der Waals surface area contributed by atoms with Crippen molar-refractivity contribution in [3.8, 4) is 5.75 Å². The summed E-state index contributed by atoms with van der Waals surface area (Å²) < 4.78 is 5.27. The van der Waals surface area contributed by atoms with Crippen LogP contribution < -0.4 is 14.7 Å². The van der Waals surface area contributed by atoms with E-state index in [-0.39, 0.29) is 11.8 Å². The molecule has 0 unspecified atom stereocenters. The van der Waals surface area contributed by atoms with Crippen molar-refractivity contribution in [3.63, 3.8) is 0 Å². The molecule has 3 atom stereocenters. The third-order valence-electron chi connectivity index (χ3n) is 5.67. The molecule has 5 rings (SSSR count). The second-order valence-electron chi connectivity index (χ2n) is 7.42. The minimum absolute atomic E-state index is 0.295. The molecule has 2 saturated heterocycles. The van der Waals surface area contributed by atoms with Gasteiger partial charge in [0, 0.05) is 5.02 Å². The summed E-state index contributed by atoms with van der Waals surface area (Å²) in [5.41, 5.74) is 2.12. The summed E-state index contributed by atoms with van der Waals surface area (Å²) in [7, 11) is 1.60. The Morgan fingerprint density at radius 3 is 2.16 bits per heavy atom. The molecule has 0 bridgehead atoms. The van der Waals surface area contributed by atoms with E-state index in [0.29, 0.717) is 16.5 Å². The SMILES string of the molecule is COc1ccc([C@@H]2[C@@H]3C(=O)N(c4ccc(Cl)cc4)C(=O)[C@@H]3ON2c2ccccc2)cc1. The van der Waals surface area contributed by atoms with Gasteiger partial charge in [0.1, 0.15) is 11.7 Å². The molecule has 0 radical (unpaired) electrons. The summed E-state index contributed by atoms with van der Waals surface area (Å²) in [6.45, 7) is 0. The number of hydrogen-bond acceptors (Lipinski definition) is 5. The highest BCUT2D eigenvalue weighted by Crippen LogP contribution is 2.47. The van der Waals surface area contributed by atoms with E-state index in [1.54, 1.807) is 36.4 Å². The molecule has 0 N–H and O–H groups in total. The lowest BCUT2D eigenvalue weighted by atomic mass is 9.90. The largest absolute Gasteiger partial charge is 0.497 e. The van der Waals surface area contributed by atoms with Crippen molar-refractivity contribution in [2.45, 2.75) is 12.1 Å². The van der Waals surface area contributed by atoms with Crippen LogP contribution in [0.15, 0.2) is 78.9 Å². The number of halogens is 1. The maximum atomic E-state index is 13.5. The highest BCUT2D eigenvalue weighted by molar-refractivity contribution is 6.31. The molecule has 0 saturated carbocycles. The van der Waals surface area contributed by atoms with E-state index in [0.717, 1.165) is 11.3 Å². The Hall–Kier alpha value is -3.35. The van der Waals surface area contributed by atoms with E-state index < -0.39 is 18.1 Å². The van der Waals surface area contributed by atoms with Crippen molar-refractivity contribution in [3.05, 3.63) is 89.4 Å². The number of nitrogens with zero attached hydrogens (tertiary/aromatic N) is 2. The highest BCUT2D eigenvalue weighted by atomic mass is 35.5. The van der Waals surface area contributed by atoms with E-state index >= 15 is 0 Å². The van der Waals surface area contributed by atoms with Crippen molar-refractivity contribution < 1.29 is 19.2 Å². The van der Waals surface area contributed by atoms with E-state index in [1.807, 2.05) is 54.6 Å². The fraction of sp³-hybridized carbons (Fsp3) is 0.167. The summed E-state index contributed by atoms with van der Waals surface area (Å²) in [4.78, 5) is 34.1. The van der Waals surface area contributed by atoms with Gasteiger partial charge in [-0.05, 0) is 54.1 Å². The first-order valence-corrected chi connectivity index (χ1v) is 10.2. The fourth-order valence-corrected chi connectivity index (χ4v) is 4.32. The topological polar surface area (TPSA) is 59.1 Å². The summed E-state index contributed by atoms with van der Waals surface area (Å²) in [5.74, 6) is -0.648. The van der Waals surface area contributed by atoms with Gasteiger partial charge in [0.15, 0.2) is 6.10 Å². The van der Waals surface area contributed by atoms with Crippen LogP contribution in [0.25, 0.3) is 0 Å². The van der Waals surface area contributed by atoms with Gasteiger partial charge in [-0.2, -0.15) is 0 Å². The molecule has 0 aromatic heterocycles. The Kier molecular flexibility index (Phi) is 4.88. The number of para-hydroxylation sites is 1. The van der Waals surface area contributed by atoms with E-state index in [2.05, 4.69) is 0 Å². The zero-order chi connectivity index (χ0) is 21.5. The van der Waals surface area contributed by atoms with Crippen LogP contribution in [0, 0.1) is 5.92 Å². The van der Waals surface area contributed by atoms with Gasteiger partial charge < -0.3 is 4.74 Å². The lowest BCUT2D eigenvalue weighted by Gasteiger charge is -2.28. The first kappa shape index (κ1) is 19.6. The Labute approximate surface area is 184 Å². The molecule has 2 fully saturated rings. The van der Waals surface area contributed by atoms with Gasteiger partial charge in [-0.15, -0.1) is 0 Å². The number of rotatable bonds is 4. The lowest BCUT2D eigenvalue weighted by molar-refractivity contribution is -0.126. The Balaban J connectivity index is 1.57. The summed E-state index contributed by atoms with van der Waals surface area (Å²) >= 11 is 5.97. The minimum Gasteiger partial charge on any atom is -0.497 e. The average Bonchev–Trinajstić information content (AvgIpc) is 3.31. The number of methoxy groups -OCH3 is 1. The summed E-state index contributed by atoms with van der Waals surface area (Å²) in [5, 5.41) is 2.21. The molecule has 0 spiro atoms. The predicted octanol–water partition coefficient (Wildman–Crippen LogP) is 4.40. The molecule has 31 heavy (non-hydrogen) atoms. The average molecular weight is 435 g/mol. The number of hydrogen-bond donors (Lipinski definition) is 0. The fourth-order valence-electron chi connectivity index (χ4n) is 4.20. The molecule has 0 aliphatic carbocycles. The first-order chi connectivity index (χ1) is 15.1. The van der Waals surface area contributed by atoms with Crippen LogP contribution in [0.4, 0.5) is 11.4 Å². The lowest BCUT2D eigenvalue weighted by Crippen LogP contribution is -2.37. The highest BCUT2D eigenvalue weighted by Gasteiger charge is 2.60. The van der Waals surface area contributed by atoms with Crippen LogP contribution >= 0.6 is 11.6 Å². The molecule has 2 amide bonds. The number of carbonyl (C=O) groups excluding carboxylic acids is 2. The van der Waals surface area contributed by atoms with Gasteiger partial charge in [0.2, 0.25) is 5.91 Å². The van der Waals surface area contributed by atoms with Crippen molar-refractivity contribution in [1.82, 2.24) is 0 Å². The second kappa shape index (κ2) is 7.72. The normalized spacial score (nSPS) is 22.7. The van der Waals surface area contributed by atoms with E-state index in [9.17, 15) is 9.59 Å². The van der Waals surface area contributed by atoms with Gasteiger partial charge >= 0.3 is 0 Å². The zero-order valence-electron chi connectivity index (χ0n) is 16.6. The predicted molar refractivity (Wildman–Crippen MR) is 117 cm³/mol.